The third-order valence-corrected chi connectivity index (χ3v) is 3.82. The Labute approximate surface area is 154 Å². The molecule has 0 aliphatic heterocycles. The zero-order valence-electron chi connectivity index (χ0n) is 13.8. The highest BCUT2D eigenvalue weighted by atomic mass is 79.9. The molecule has 1 heterocycles. The van der Waals surface area contributed by atoms with Crippen molar-refractivity contribution >= 4 is 27.8 Å². The lowest BCUT2D eigenvalue weighted by Gasteiger charge is -2.10. The van der Waals surface area contributed by atoms with E-state index in [4.69, 9.17) is 9.47 Å². The Hall–Kier alpha value is -2.41. The lowest BCUT2D eigenvalue weighted by atomic mass is 10.2. The summed E-state index contributed by atoms with van der Waals surface area (Å²) in [5.41, 5.74) is 0.478. The minimum atomic E-state index is -0.377. The molecule has 0 atom stereocenters. The van der Waals surface area contributed by atoms with Crippen LogP contribution in [0.15, 0.2) is 47.2 Å². The highest BCUT2D eigenvalue weighted by molar-refractivity contribution is 9.10. The molecule has 6 nitrogen and oxygen atoms in total. The van der Waals surface area contributed by atoms with Crippen molar-refractivity contribution in [3.8, 4) is 11.5 Å². The number of hydrogen-bond donors (Lipinski definition) is 1. The van der Waals surface area contributed by atoms with Gasteiger partial charge in [-0.25, -0.2) is 4.98 Å². The Bertz CT molecular complexity index is 737. The number of halogens is 1. The zero-order chi connectivity index (χ0) is 18.1. The number of rotatable bonds is 8. The molecule has 0 radical (unpaired) electrons. The van der Waals surface area contributed by atoms with Gasteiger partial charge < -0.3 is 14.8 Å². The molecule has 0 aliphatic rings. The summed E-state index contributed by atoms with van der Waals surface area (Å²) < 4.78 is 11.1. The number of aromatic nitrogens is 1. The van der Waals surface area contributed by atoms with Crippen molar-refractivity contribution in [3.63, 3.8) is 0 Å². The maximum absolute atomic E-state index is 12.2. The first-order chi connectivity index (χ1) is 12.1. The summed E-state index contributed by atoms with van der Waals surface area (Å²) in [6.45, 7) is 2.71. The average Bonchev–Trinajstić information content (AvgIpc) is 2.61. The van der Waals surface area contributed by atoms with Crippen molar-refractivity contribution in [3.05, 3.63) is 52.8 Å². The zero-order valence-corrected chi connectivity index (χ0v) is 15.4. The summed E-state index contributed by atoms with van der Waals surface area (Å²) in [5.74, 6) is 0.315. The first-order valence-corrected chi connectivity index (χ1v) is 8.72. The van der Waals surface area contributed by atoms with Gasteiger partial charge in [-0.2, -0.15) is 0 Å². The fourth-order valence-corrected chi connectivity index (χ4v) is 2.42. The number of carbonyl (C=O) groups is 2. The molecule has 25 heavy (non-hydrogen) atoms. The molecule has 1 aromatic carbocycles. The fraction of sp³-hybridized carbons (Fsp3) is 0.278. The number of carbonyl (C=O) groups excluding carboxylic acids is 2. The highest BCUT2D eigenvalue weighted by Crippen LogP contribution is 2.21. The molecule has 132 valence electrons. The van der Waals surface area contributed by atoms with Crippen LogP contribution in [0.25, 0.3) is 0 Å². The van der Waals surface area contributed by atoms with E-state index in [1.807, 2.05) is 13.0 Å². The molecule has 1 aromatic heterocycles. The molecule has 0 unspecified atom stereocenters. The minimum Gasteiger partial charge on any atom is -0.493 e. The molecule has 0 bridgehead atoms. The van der Waals surface area contributed by atoms with Gasteiger partial charge >= 0.3 is 5.97 Å². The highest BCUT2D eigenvalue weighted by Gasteiger charge is 2.12. The Kier molecular flexibility index (Phi) is 7.40. The molecular formula is C18H19BrN2O4. The van der Waals surface area contributed by atoms with E-state index in [9.17, 15) is 9.59 Å². The SMILES string of the molecule is CCOc1ccccc1C(=O)NCCCC(=O)Oc1cccnc1Br. The second-order valence-corrected chi connectivity index (χ2v) is 5.81. The van der Waals surface area contributed by atoms with Crippen molar-refractivity contribution in [2.75, 3.05) is 13.2 Å². The molecule has 1 N–H and O–H groups in total. The summed E-state index contributed by atoms with van der Waals surface area (Å²) in [6.07, 6.45) is 2.25. The number of amides is 1. The number of pyridine rings is 1. The van der Waals surface area contributed by atoms with Crippen LogP contribution in [0.2, 0.25) is 0 Å². The van der Waals surface area contributed by atoms with Crippen LogP contribution >= 0.6 is 15.9 Å². The van der Waals surface area contributed by atoms with E-state index in [0.29, 0.717) is 41.2 Å². The van der Waals surface area contributed by atoms with E-state index in [2.05, 4.69) is 26.2 Å². The average molecular weight is 407 g/mol. The number of para-hydroxylation sites is 1. The number of benzene rings is 1. The third-order valence-electron chi connectivity index (χ3n) is 3.22. The molecule has 0 saturated carbocycles. The Balaban J connectivity index is 1.76. The number of nitrogens with zero attached hydrogens (tertiary/aromatic N) is 1. The summed E-state index contributed by atoms with van der Waals surface area (Å²) in [6, 6.07) is 10.4. The molecule has 0 aliphatic carbocycles. The van der Waals surface area contributed by atoms with Crippen LogP contribution in [0.1, 0.15) is 30.1 Å². The first kappa shape index (κ1) is 18.9. The predicted octanol–water partition coefficient (Wildman–Crippen LogP) is 3.36. The van der Waals surface area contributed by atoms with E-state index < -0.39 is 0 Å². The summed E-state index contributed by atoms with van der Waals surface area (Å²) in [7, 11) is 0. The Morgan fingerprint density at radius 3 is 2.68 bits per heavy atom. The third kappa shape index (κ3) is 5.86. The molecule has 1 amide bonds. The standard InChI is InChI=1S/C18H19BrN2O4/c1-2-24-14-8-4-3-7-13(14)18(23)21-12-6-10-16(22)25-15-9-5-11-20-17(15)19/h3-5,7-9,11H,2,6,10,12H2,1H3,(H,21,23). The smallest absolute Gasteiger partial charge is 0.311 e. The van der Waals surface area contributed by atoms with Crippen molar-refractivity contribution < 1.29 is 19.1 Å². The molecule has 2 rings (SSSR count). The monoisotopic (exact) mass is 406 g/mol. The van der Waals surface area contributed by atoms with Crippen LogP contribution in [-0.4, -0.2) is 30.0 Å². The van der Waals surface area contributed by atoms with Gasteiger partial charge in [-0.05, 0) is 53.5 Å². The first-order valence-electron chi connectivity index (χ1n) is 7.93. The lowest BCUT2D eigenvalue weighted by molar-refractivity contribution is -0.134. The van der Waals surface area contributed by atoms with Crippen LogP contribution in [0.3, 0.4) is 0 Å². The fourth-order valence-electron chi connectivity index (χ4n) is 2.09. The second kappa shape index (κ2) is 9.78. The quantitative estimate of drug-likeness (QED) is 0.413. The number of nitrogens with one attached hydrogen (secondary N) is 1. The van der Waals surface area contributed by atoms with Gasteiger partial charge in [0.05, 0.1) is 12.2 Å². The van der Waals surface area contributed by atoms with Crippen molar-refractivity contribution in [2.24, 2.45) is 0 Å². The van der Waals surface area contributed by atoms with Crippen molar-refractivity contribution in [1.29, 1.82) is 0 Å². The molecule has 0 spiro atoms. The Morgan fingerprint density at radius 1 is 1.16 bits per heavy atom. The molecule has 2 aromatic rings. The van der Waals surface area contributed by atoms with Gasteiger partial charge in [-0.3, -0.25) is 9.59 Å². The number of ether oxygens (including phenoxy) is 2. The summed E-state index contributed by atoms with van der Waals surface area (Å²) in [4.78, 5) is 28.0. The van der Waals surface area contributed by atoms with Crippen molar-refractivity contribution in [2.45, 2.75) is 19.8 Å². The van der Waals surface area contributed by atoms with Gasteiger partial charge in [0.1, 0.15) is 10.4 Å². The number of esters is 1. The van der Waals surface area contributed by atoms with Crippen LogP contribution in [-0.2, 0) is 4.79 Å². The largest absolute Gasteiger partial charge is 0.493 e. The predicted molar refractivity (Wildman–Crippen MR) is 96.8 cm³/mol. The van der Waals surface area contributed by atoms with Crippen LogP contribution in [0.5, 0.6) is 11.5 Å². The maximum atomic E-state index is 12.2. The maximum Gasteiger partial charge on any atom is 0.311 e. The van der Waals surface area contributed by atoms with Gasteiger partial charge in [0, 0.05) is 19.2 Å². The molecule has 7 heteroatoms. The van der Waals surface area contributed by atoms with E-state index in [1.54, 1.807) is 36.5 Å². The number of hydrogen-bond acceptors (Lipinski definition) is 5. The molecule has 0 fully saturated rings. The minimum absolute atomic E-state index is 0.189. The van der Waals surface area contributed by atoms with Gasteiger partial charge in [-0.15, -0.1) is 0 Å². The van der Waals surface area contributed by atoms with Gasteiger partial charge in [-0.1, -0.05) is 12.1 Å². The van der Waals surface area contributed by atoms with E-state index in [-0.39, 0.29) is 18.3 Å². The van der Waals surface area contributed by atoms with Crippen molar-refractivity contribution in [1.82, 2.24) is 10.3 Å². The Morgan fingerprint density at radius 2 is 1.92 bits per heavy atom. The van der Waals surface area contributed by atoms with Gasteiger partial charge in [0.2, 0.25) is 0 Å². The van der Waals surface area contributed by atoms with Gasteiger partial charge in [0.25, 0.3) is 5.91 Å². The molecular weight excluding hydrogens is 388 g/mol. The van der Waals surface area contributed by atoms with E-state index in [1.165, 1.54) is 0 Å². The van der Waals surface area contributed by atoms with E-state index >= 15 is 0 Å². The summed E-state index contributed by atoms with van der Waals surface area (Å²) >= 11 is 3.21. The van der Waals surface area contributed by atoms with E-state index in [0.717, 1.165) is 0 Å². The topological polar surface area (TPSA) is 77.5 Å². The van der Waals surface area contributed by atoms with Crippen LogP contribution in [0.4, 0.5) is 0 Å². The van der Waals surface area contributed by atoms with Gasteiger partial charge in [0.15, 0.2) is 5.75 Å². The van der Waals surface area contributed by atoms with Crippen LogP contribution < -0.4 is 14.8 Å². The summed E-state index contributed by atoms with van der Waals surface area (Å²) in [5, 5.41) is 2.78. The normalized spacial score (nSPS) is 10.2. The lowest BCUT2D eigenvalue weighted by Crippen LogP contribution is -2.25. The second-order valence-electron chi connectivity index (χ2n) is 5.06. The molecule has 0 saturated heterocycles. The van der Waals surface area contributed by atoms with Crippen LogP contribution in [0, 0.1) is 0 Å².